The third-order valence-corrected chi connectivity index (χ3v) is 4.43. The molecule has 0 aliphatic heterocycles. The molecule has 0 amide bonds. The van der Waals surface area contributed by atoms with Crippen molar-refractivity contribution >= 4 is 29.9 Å². The van der Waals surface area contributed by atoms with Crippen LogP contribution < -0.4 is 24.8 Å². The highest BCUT2D eigenvalue weighted by Crippen LogP contribution is 2.28. The van der Waals surface area contributed by atoms with Crippen molar-refractivity contribution in [3.05, 3.63) is 53.1 Å². The molecule has 2 rings (SSSR count). The Balaban J connectivity index is 0.00000480. The molecule has 2 N–H and O–H groups in total. The number of aliphatic imine (C=N–C) groups is 1. The summed E-state index contributed by atoms with van der Waals surface area (Å²) >= 11 is 0. The van der Waals surface area contributed by atoms with E-state index in [1.807, 2.05) is 38.1 Å². The van der Waals surface area contributed by atoms with Gasteiger partial charge >= 0.3 is 0 Å². The third kappa shape index (κ3) is 8.82. The number of guanidine groups is 1. The molecule has 0 bridgehead atoms. The van der Waals surface area contributed by atoms with Crippen LogP contribution in [-0.2, 0) is 17.8 Å². The van der Waals surface area contributed by atoms with Gasteiger partial charge in [-0.15, -0.1) is 24.0 Å². The molecule has 2 aromatic carbocycles. The molecule has 0 atom stereocenters. The monoisotopic (exact) mass is 543 g/mol. The van der Waals surface area contributed by atoms with Crippen LogP contribution in [0, 0.1) is 6.92 Å². The fourth-order valence-corrected chi connectivity index (χ4v) is 2.86. The molecule has 31 heavy (non-hydrogen) atoms. The van der Waals surface area contributed by atoms with E-state index in [0.29, 0.717) is 38.9 Å². The number of hydrogen-bond acceptors (Lipinski definition) is 5. The van der Waals surface area contributed by atoms with Crippen molar-refractivity contribution in [2.24, 2.45) is 4.99 Å². The Morgan fingerprint density at radius 3 is 2.35 bits per heavy atom. The molecule has 0 fully saturated rings. The van der Waals surface area contributed by atoms with E-state index in [-0.39, 0.29) is 24.0 Å². The minimum atomic E-state index is 0. The summed E-state index contributed by atoms with van der Waals surface area (Å²) in [5.74, 6) is 3.01. The quantitative estimate of drug-likeness (QED) is 0.194. The van der Waals surface area contributed by atoms with Crippen LogP contribution in [0.3, 0.4) is 0 Å². The summed E-state index contributed by atoms with van der Waals surface area (Å²) in [4.78, 5) is 4.31. The number of aryl methyl sites for hydroxylation is 1. The van der Waals surface area contributed by atoms with Crippen LogP contribution in [0.25, 0.3) is 0 Å². The lowest BCUT2D eigenvalue weighted by Gasteiger charge is -2.16. The molecule has 172 valence electrons. The van der Waals surface area contributed by atoms with E-state index in [1.54, 1.807) is 21.3 Å². The highest BCUT2D eigenvalue weighted by molar-refractivity contribution is 14.0. The van der Waals surface area contributed by atoms with Gasteiger partial charge in [0, 0.05) is 32.8 Å². The molecule has 0 aromatic heterocycles. The third-order valence-electron chi connectivity index (χ3n) is 4.43. The largest absolute Gasteiger partial charge is 0.493 e. The van der Waals surface area contributed by atoms with Gasteiger partial charge in [0.15, 0.2) is 17.5 Å². The van der Waals surface area contributed by atoms with Gasteiger partial charge < -0.3 is 29.6 Å². The van der Waals surface area contributed by atoms with Crippen molar-refractivity contribution in [1.29, 1.82) is 0 Å². The summed E-state index contributed by atoms with van der Waals surface area (Å²) in [6, 6.07) is 12.1. The first kappa shape index (κ1) is 26.8. The Labute approximate surface area is 202 Å². The van der Waals surface area contributed by atoms with Crippen LogP contribution in [0.4, 0.5) is 0 Å². The summed E-state index contributed by atoms with van der Waals surface area (Å²) in [5, 5.41) is 6.66. The van der Waals surface area contributed by atoms with E-state index >= 15 is 0 Å². The Morgan fingerprint density at radius 2 is 1.68 bits per heavy atom. The van der Waals surface area contributed by atoms with Crippen molar-refractivity contribution in [3.63, 3.8) is 0 Å². The maximum atomic E-state index is 5.86. The Kier molecular flexibility index (Phi) is 12.8. The van der Waals surface area contributed by atoms with Crippen LogP contribution in [0.5, 0.6) is 17.2 Å². The second-order valence-corrected chi connectivity index (χ2v) is 6.65. The molecule has 2 aromatic rings. The predicted octanol–water partition coefficient (Wildman–Crippen LogP) is 3.91. The summed E-state index contributed by atoms with van der Waals surface area (Å²) in [6.45, 7) is 6.86. The molecular weight excluding hydrogens is 509 g/mol. The standard InChI is InChI=1S/C23H33N3O4.HI/c1-6-29-20-10-8-18(14-22(20)28-5)15-25-23(24-3)26-16-19-9-7-17(2)13-21(19)30-12-11-27-4;/h7-10,13-14H,6,11-12,15-16H2,1-5H3,(H2,24,25,26);1H. The minimum Gasteiger partial charge on any atom is -0.493 e. The van der Waals surface area contributed by atoms with Gasteiger partial charge in [-0.2, -0.15) is 0 Å². The number of methoxy groups -OCH3 is 2. The average molecular weight is 543 g/mol. The van der Waals surface area contributed by atoms with Crippen LogP contribution in [0.15, 0.2) is 41.4 Å². The van der Waals surface area contributed by atoms with Gasteiger partial charge in [0.2, 0.25) is 0 Å². The van der Waals surface area contributed by atoms with Crippen LogP contribution in [0.2, 0.25) is 0 Å². The summed E-state index contributed by atoms with van der Waals surface area (Å²) in [5.41, 5.74) is 3.28. The van der Waals surface area contributed by atoms with Crippen molar-refractivity contribution in [3.8, 4) is 17.2 Å². The second-order valence-electron chi connectivity index (χ2n) is 6.65. The van der Waals surface area contributed by atoms with Crippen molar-refractivity contribution in [2.75, 3.05) is 41.1 Å². The number of halogens is 1. The van der Waals surface area contributed by atoms with Gasteiger partial charge in [0.1, 0.15) is 12.4 Å². The Morgan fingerprint density at radius 1 is 0.903 bits per heavy atom. The van der Waals surface area contributed by atoms with E-state index in [9.17, 15) is 0 Å². The first-order chi connectivity index (χ1) is 14.6. The summed E-state index contributed by atoms with van der Waals surface area (Å²) < 4.78 is 21.9. The SMILES string of the molecule is CCOc1ccc(CNC(=NC)NCc2ccc(C)cc2OCCOC)cc1OC.I. The maximum Gasteiger partial charge on any atom is 0.191 e. The number of nitrogens with one attached hydrogen (secondary N) is 2. The fourth-order valence-electron chi connectivity index (χ4n) is 2.86. The minimum absolute atomic E-state index is 0. The molecule has 7 nitrogen and oxygen atoms in total. The second kappa shape index (κ2) is 14.7. The normalized spacial score (nSPS) is 10.8. The van der Waals surface area contributed by atoms with Gasteiger partial charge in [-0.05, 0) is 43.2 Å². The first-order valence-corrected chi connectivity index (χ1v) is 10.1. The van der Waals surface area contributed by atoms with Gasteiger partial charge in [-0.3, -0.25) is 4.99 Å². The lowest BCUT2D eigenvalue weighted by atomic mass is 10.1. The molecule has 0 aliphatic rings. The topological polar surface area (TPSA) is 73.3 Å². The number of ether oxygens (including phenoxy) is 4. The lowest BCUT2D eigenvalue weighted by Crippen LogP contribution is -2.36. The number of hydrogen-bond donors (Lipinski definition) is 2. The molecule has 0 spiro atoms. The van der Waals surface area contributed by atoms with Crippen LogP contribution >= 0.6 is 24.0 Å². The smallest absolute Gasteiger partial charge is 0.191 e. The molecule has 0 radical (unpaired) electrons. The Hall–Kier alpha value is -2.20. The zero-order chi connectivity index (χ0) is 21.8. The van der Waals surface area contributed by atoms with Crippen molar-refractivity contribution < 1.29 is 18.9 Å². The van der Waals surface area contributed by atoms with Crippen LogP contribution in [0.1, 0.15) is 23.6 Å². The molecule has 0 aliphatic carbocycles. The van der Waals surface area contributed by atoms with E-state index in [0.717, 1.165) is 33.9 Å². The summed E-state index contributed by atoms with van der Waals surface area (Å²) in [7, 11) is 5.06. The van der Waals surface area contributed by atoms with E-state index in [1.165, 1.54) is 0 Å². The lowest BCUT2D eigenvalue weighted by molar-refractivity contribution is 0.145. The fraction of sp³-hybridized carbons (Fsp3) is 0.435. The van der Waals surface area contributed by atoms with Crippen molar-refractivity contribution in [1.82, 2.24) is 10.6 Å². The van der Waals surface area contributed by atoms with Gasteiger partial charge in [0.25, 0.3) is 0 Å². The Bertz CT molecular complexity index is 830. The first-order valence-electron chi connectivity index (χ1n) is 10.1. The molecule has 0 saturated heterocycles. The van der Waals surface area contributed by atoms with E-state index in [4.69, 9.17) is 18.9 Å². The average Bonchev–Trinajstić information content (AvgIpc) is 2.76. The zero-order valence-electron chi connectivity index (χ0n) is 19.0. The van der Waals surface area contributed by atoms with E-state index in [2.05, 4.69) is 27.8 Å². The summed E-state index contributed by atoms with van der Waals surface area (Å²) in [6.07, 6.45) is 0. The molecule has 0 heterocycles. The molecular formula is C23H34IN3O4. The van der Waals surface area contributed by atoms with Gasteiger partial charge in [-0.1, -0.05) is 18.2 Å². The molecule has 8 heteroatoms. The molecule has 0 unspecified atom stereocenters. The number of rotatable bonds is 11. The predicted molar refractivity (Wildman–Crippen MR) is 135 cm³/mol. The van der Waals surface area contributed by atoms with Crippen molar-refractivity contribution in [2.45, 2.75) is 26.9 Å². The highest BCUT2D eigenvalue weighted by Gasteiger charge is 2.08. The number of benzene rings is 2. The van der Waals surface area contributed by atoms with Gasteiger partial charge in [0.05, 0.1) is 20.3 Å². The van der Waals surface area contributed by atoms with Gasteiger partial charge in [-0.25, -0.2) is 0 Å². The van der Waals surface area contributed by atoms with Crippen LogP contribution in [-0.4, -0.2) is 47.0 Å². The highest BCUT2D eigenvalue weighted by atomic mass is 127. The zero-order valence-corrected chi connectivity index (χ0v) is 21.3. The maximum absolute atomic E-state index is 5.86. The number of nitrogens with zero attached hydrogens (tertiary/aromatic N) is 1. The molecule has 0 saturated carbocycles. The van der Waals surface area contributed by atoms with E-state index < -0.39 is 0 Å².